The Morgan fingerprint density at radius 2 is 1.83 bits per heavy atom. The van der Waals surface area contributed by atoms with Gasteiger partial charge in [0, 0.05) is 12.3 Å². The maximum absolute atomic E-state index is 12.4. The second kappa shape index (κ2) is 8.10. The molecule has 0 bridgehead atoms. The number of amides is 1. The normalized spacial score (nSPS) is 11.8. The Hall–Kier alpha value is -2.89. The molecule has 0 aliphatic carbocycles. The van der Waals surface area contributed by atoms with Gasteiger partial charge in [0.2, 0.25) is 5.56 Å². The first kappa shape index (κ1) is 17.5. The van der Waals surface area contributed by atoms with Gasteiger partial charge in [0.05, 0.1) is 24.1 Å². The summed E-state index contributed by atoms with van der Waals surface area (Å²) in [6, 6.07) is 11.4. The number of H-pyrrole nitrogens is 1. The highest BCUT2D eigenvalue weighted by Crippen LogP contribution is 2.18. The van der Waals surface area contributed by atoms with Crippen LogP contribution in [0.2, 0.25) is 0 Å². The van der Waals surface area contributed by atoms with Crippen LogP contribution >= 0.6 is 0 Å². The highest BCUT2D eigenvalue weighted by molar-refractivity contribution is 5.94. The summed E-state index contributed by atoms with van der Waals surface area (Å²) in [6.07, 6.45) is 1.15. The number of hydrogen-bond donors (Lipinski definition) is 2. The zero-order valence-electron chi connectivity index (χ0n) is 13.6. The standard InChI is InChI=1S/C18H20N2O4/c1-12(2)24-17(22)10-15(13-6-4-3-5-7-13)20-18(23)14-8-9-16(21)19-11-14/h3-9,11-12,15H,10H2,1-2H3,(H,19,21)(H,20,23). The molecule has 0 saturated carbocycles. The molecular weight excluding hydrogens is 308 g/mol. The molecule has 2 rings (SSSR count). The monoisotopic (exact) mass is 328 g/mol. The van der Waals surface area contributed by atoms with Crippen LogP contribution in [0.25, 0.3) is 0 Å². The number of aromatic amines is 1. The lowest BCUT2D eigenvalue weighted by molar-refractivity contribution is -0.147. The molecule has 1 atom stereocenters. The third-order valence-corrected chi connectivity index (χ3v) is 3.29. The molecular formula is C18H20N2O4. The summed E-state index contributed by atoms with van der Waals surface area (Å²) in [4.78, 5) is 37.9. The number of nitrogens with one attached hydrogen (secondary N) is 2. The van der Waals surface area contributed by atoms with Gasteiger partial charge in [-0.15, -0.1) is 0 Å². The Kier molecular flexibility index (Phi) is 5.89. The number of pyridine rings is 1. The van der Waals surface area contributed by atoms with Gasteiger partial charge >= 0.3 is 5.97 Å². The van der Waals surface area contributed by atoms with Crippen molar-refractivity contribution < 1.29 is 14.3 Å². The van der Waals surface area contributed by atoms with Gasteiger partial charge in [-0.05, 0) is 25.5 Å². The van der Waals surface area contributed by atoms with Crippen LogP contribution in [-0.4, -0.2) is 23.0 Å². The van der Waals surface area contributed by atoms with Crippen molar-refractivity contribution in [2.45, 2.75) is 32.4 Å². The van der Waals surface area contributed by atoms with Gasteiger partial charge in [-0.3, -0.25) is 14.4 Å². The van der Waals surface area contributed by atoms with Crippen molar-refractivity contribution in [2.24, 2.45) is 0 Å². The molecule has 1 aromatic heterocycles. The summed E-state index contributed by atoms with van der Waals surface area (Å²) >= 11 is 0. The van der Waals surface area contributed by atoms with Crippen LogP contribution in [0.5, 0.6) is 0 Å². The summed E-state index contributed by atoms with van der Waals surface area (Å²) in [5.74, 6) is -0.766. The number of esters is 1. The topological polar surface area (TPSA) is 88.3 Å². The largest absolute Gasteiger partial charge is 0.463 e. The Morgan fingerprint density at radius 3 is 2.42 bits per heavy atom. The fraction of sp³-hybridized carbons (Fsp3) is 0.278. The second-order valence-corrected chi connectivity index (χ2v) is 5.62. The van der Waals surface area contributed by atoms with Gasteiger partial charge in [0.15, 0.2) is 0 Å². The van der Waals surface area contributed by atoms with E-state index in [0.717, 1.165) is 5.56 Å². The van der Waals surface area contributed by atoms with Gasteiger partial charge in [-0.2, -0.15) is 0 Å². The van der Waals surface area contributed by atoms with Crippen molar-refractivity contribution in [1.29, 1.82) is 0 Å². The van der Waals surface area contributed by atoms with Gasteiger partial charge < -0.3 is 15.0 Å². The van der Waals surface area contributed by atoms with E-state index in [2.05, 4.69) is 10.3 Å². The average molecular weight is 328 g/mol. The molecule has 0 fully saturated rings. The first-order valence-electron chi connectivity index (χ1n) is 7.69. The molecule has 0 spiro atoms. The number of carbonyl (C=O) groups is 2. The van der Waals surface area contributed by atoms with E-state index >= 15 is 0 Å². The maximum Gasteiger partial charge on any atom is 0.308 e. The minimum absolute atomic E-state index is 0.0251. The van der Waals surface area contributed by atoms with Crippen molar-refractivity contribution in [3.63, 3.8) is 0 Å². The summed E-state index contributed by atoms with van der Waals surface area (Å²) in [7, 11) is 0. The third kappa shape index (κ3) is 5.08. The van der Waals surface area contributed by atoms with Crippen LogP contribution < -0.4 is 10.9 Å². The van der Waals surface area contributed by atoms with Crippen LogP contribution in [0.1, 0.15) is 42.2 Å². The van der Waals surface area contributed by atoms with Crippen molar-refractivity contribution in [3.05, 3.63) is 70.1 Å². The molecule has 1 unspecified atom stereocenters. The number of hydrogen-bond acceptors (Lipinski definition) is 4. The fourth-order valence-corrected chi connectivity index (χ4v) is 2.21. The molecule has 2 aromatic rings. The fourth-order valence-electron chi connectivity index (χ4n) is 2.21. The van der Waals surface area contributed by atoms with E-state index in [1.165, 1.54) is 18.3 Å². The molecule has 2 N–H and O–H groups in total. The zero-order valence-corrected chi connectivity index (χ0v) is 13.6. The van der Waals surface area contributed by atoms with Crippen molar-refractivity contribution in [3.8, 4) is 0 Å². The Balaban J connectivity index is 2.16. The zero-order chi connectivity index (χ0) is 17.5. The van der Waals surface area contributed by atoms with E-state index in [0.29, 0.717) is 5.56 Å². The molecule has 0 radical (unpaired) electrons. The molecule has 1 aromatic carbocycles. The van der Waals surface area contributed by atoms with E-state index < -0.39 is 6.04 Å². The molecule has 0 aliphatic heterocycles. The second-order valence-electron chi connectivity index (χ2n) is 5.62. The summed E-state index contributed by atoms with van der Waals surface area (Å²) in [5.41, 5.74) is 0.829. The number of ether oxygens (including phenoxy) is 1. The molecule has 0 saturated heterocycles. The van der Waals surface area contributed by atoms with Crippen molar-refractivity contribution in [2.75, 3.05) is 0 Å². The van der Waals surface area contributed by atoms with Gasteiger partial charge in [-0.25, -0.2) is 0 Å². The third-order valence-electron chi connectivity index (χ3n) is 3.29. The maximum atomic E-state index is 12.4. The predicted octanol–water partition coefficient (Wildman–Crippen LogP) is 2.19. The van der Waals surface area contributed by atoms with Crippen LogP contribution in [0, 0.1) is 0 Å². The van der Waals surface area contributed by atoms with Crippen LogP contribution in [-0.2, 0) is 9.53 Å². The molecule has 24 heavy (non-hydrogen) atoms. The quantitative estimate of drug-likeness (QED) is 0.796. The predicted molar refractivity (Wildman–Crippen MR) is 89.6 cm³/mol. The lowest BCUT2D eigenvalue weighted by atomic mass is 10.0. The molecule has 1 heterocycles. The Morgan fingerprint density at radius 1 is 1.12 bits per heavy atom. The van der Waals surface area contributed by atoms with Gasteiger partial charge in [-0.1, -0.05) is 30.3 Å². The highest BCUT2D eigenvalue weighted by atomic mass is 16.5. The van der Waals surface area contributed by atoms with E-state index in [4.69, 9.17) is 4.74 Å². The van der Waals surface area contributed by atoms with Crippen LogP contribution in [0.15, 0.2) is 53.5 Å². The lowest BCUT2D eigenvalue weighted by Gasteiger charge is -2.19. The molecule has 1 amide bonds. The summed E-state index contributed by atoms with van der Waals surface area (Å²) in [5, 5.41) is 2.81. The minimum atomic E-state index is -0.517. The van der Waals surface area contributed by atoms with E-state index in [1.807, 2.05) is 30.3 Å². The van der Waals surface area contributed by atoms with Crippen molar-refractivity contribution >= 4 is 11.9 Å². The number of benzene rings is 1. The minimum Gasteiger partial charge on any atom is -0.463 e. The van der Waals surface area contributed by atoms with E-state index in [9.17, 15) is 14.4 Å². The van der Waals surface area contributed by atoms with E-state index in [1.54, 1.807) is 13.8 Å². The molecule has 6 heteroatoms. The van der Waals surface area contributed by atoms with Gasteiger partial charge in [0.25, 0.3) is 5.91 Å². The SMILES string of the molecule is CC(C)OC(=O)CC(NC(=O)c1ccc(=O)[nH]c1)c1ccccc1. The summed E-state index contributed by atoms with van der Waals surface area (Å²) < 4.78 is 5.17. The van der Waals surface area contributed by atoms with Crippen LogP contribution in [0.4, 0.5) is 0 Å². The van der Waals surface area contributed by atoms with Crippen LogP contribution in [0.3, 0.4) is 0 Å². The highest BCUT2D eigenvalue weighted by Gasteiger charge is 2.20. The molecule has 6 nitrogen and oxygen atoms in total. The Labute approximate surface area is 139 Å². The first-order chi connectivity index (χ1) is 11.5. The summed E-state index contributed by atoms with van der Waals surface area (Å²) in [6.45, 7) is 3.54. The molecule has 0 aliphatic rings. The number of rotatable bonds is 6. The lowest BCUT2D eigenvalue weighted by Crippen LogP contribution is -2.31. The molecule has 126 valence electrons. The average Bonchev–Trinajstić information content (AvgIpc) is 2.55. The number of carbonyl (C=O) groups excluding carboxylic acids is 2. The van der Waals surface area contributed by atoms with Crippen molar-refractivity contribution in [1.82, 2.24) is 10.3 Å². The van der Waals surface area contributed by atoms with E-state index in [-0.39, 0.29) is 30.0 Å². The Bertz CT molecular complexity index is 733. The van der Waals surface area contributed by atoms with Gasteiger partial charge in [0.1, 0.15) is 0 Å². The number of aromatic nitrogens is 1. The smallest absolute Gasteiger partial charge is 0.308 e. The first-order valence-corrected chi connectivity index (χ1v) is 7.69.